The number of β-amino-alcohol motifs (C(OH)–C–C–N with tert-alkyl or cyclic N) is 1. The Morgan fingerprint density at radius 1 is 1.26 bits per heavy atom. The van der Waals surface area contributed by atoms with Crippen molar-refractivity contribution in [2.24, 2.45) is 5.41 Å². The molecule has 1 aliphatic rings. The summed E-state index contributed by atoms with van der Waals surface area (Å²) in [6, 6.07) is 8.16. The van der Waals surface area contributed by atoms with Gasteiger partial charge in [0.05, 0.1) is 6.10 Å². The predicted molar refractivity (Wildman–Crippen MR) is 80.2 cm³/mol. The van der Waals surface area contributed by atoms with Gasteiger partial charge in [0, 0.05) is 13.1 Å². The lowest BCUT2D eigenvalue weighted by atomic mass is 9.82. The van der Waals surface area contributed by atoms with E-state index in [1.165, 1.54) is 24.8 Å². The first kappa shape index (κ1) is 14.5. The zero-order chi connectivity index (χ0) is 13.9. The molecule has 0 saturated carbocycles. The summed E-state index contributed by atoms with van der Waals surface area (Å²) in [7, 11) is 0. The van der Waals surface area contributed by atoms with Gasteiger partial charge < -0.3 is 5.11 Å². The number of nitrogens with zero attached hydrogens (tertiary/aromatic N) is 1. The molecule has 2 heteroatoms. The molecule has 1 N–H and O–H groups in total. The van der Waals surface area contributed by atoms with Crippen molar-refractivity contribution >= 4 is 0 Å². The summed E-state index contributed by atoms with van der Waals surface area (Å²) < 4.78 is 0. The monoisotopic (exact) mass is 261 g/mol. The molecule has 19 heavy (non-hydrogen) atoms. The van der Waals surface area contributed by atoms with E-state index in [2.05, 4.69) is 31.7 Å². The molecule has 0 aromatic heterocycles. The Balaban J connectivity index is 1.98. The first-order valence-corrected chi connectivity index (χ1v) is 7.56. The fourth-order valence-corrected chi connectivity index (χ4v) is 3.31. The molecule has 0 amide bonds. The quantitative estimate of drug-likeness (QED) is 0.876. The molecule has 1 aromatic rings. The second-order valence-electron chi connectivity index (χ2n) is 6.06. The molecule has 0 radical (unpaired) electrons. The van der Waals surface area contributed by atoms with Crippen molar-refractivity contribution in [3.05, 3.63) is 35.4 Å². The van der Waals surface area contributed by atoms with E-state index in [0.717, 1.165) is 25.2 Å². The molecule has 1 saturated heterocycles. The van der Waals surface area contributed by atoms with Crippen LogP contribution < -0.4 is 0 Å². The molecular weight excluding hydrogens is 234 g/mol. The van der Waals surface area contributed by atoms with Crippen molar-refractivity contribution < 1.29 is 5.11 Å². The van der Waals surface area contributed by atoms with Crippen molar-refractivity contribution in [2.45, 2.75) is 46.1 Å². The minimum Gasteiger partial charge on any atom is -0.387 e. The second-order valence-corrected chi connectivity index (χ2v) is 6.06. The molecule has 106 valence electrons. The van der Waals surface area contributed by atoms with Crippen LogP contribution in [0.2, 0.25) is 0 Å². The Hall–Kier alpha value is -0.860. The first-order valence-electron chi connectivity index (χ1n) is 7.56. The maximum Gasteiger partial charge on any atom is 0.0919 e. The Kier molecular flexibility index (Phi) is 4.64. The molecular formula is C17H27NO. The third-order valence-electron chi connectivity index (χ3n) is 5.00. The van der Waals surface area contributed by atoms with Crippen LogP contribution in [0.15, 0.2) is 24.3 Å². The van der Waals surface area contributed by atoms with Crippen molar-refractivity contribution in [3.63, 3.8) is 0 Å². The van der Waals surface area contributed by atoms with Crippen molar-refractivity contribution in [1.29, 1.82) is 0 Å². The molecule has 1 aromatic carbocycles. The van der Waals surface area contributed by atoms with Gasteiger partial charge in [-0.1, -0.05) is 38.1 Å². The minimum atomic E-state index is -0.356. The van der Waals surface area contributed by atoms with Crippen molar-refractivity contribution in [2.75, 3.05) is 19.6 Å². The highest BCUT2D eigenvalue weighted by molar-refractivity contribution is 5.27. The molecule has 2 rings (SSSR count). The number of aryl methyl sites for hydroxylation is 1. The van der Waals surface area contributed by atoms with Crippen molar-refractivity contribution in [1.82, 2.24) is 4.90 Å². The van der Waals surface area contributed by atoms with Crippen LogP contribution in [0.4, 0.5) is 0 Å². The van der Waals surface area contributed by atoms with Crippen LogP contribution in [0, 0.1) is 12.3 Å². The maximum absolute atomic E-state index is 10.4. The van der Waals surface area contributed by atoms with Crippen LogP contribution in [-0.4, -0.2) is 29.6 Å². The van der Waals surface area contributed by atoms with Gasteiger partial charge >= 0.3 is 0 Å². The van der Waals surface area contributed by atoms with Gasteiger partial charge in [0.25, 0.3) is 0 Å². The van der Waals surface area contributed by atoms with Gasteiger partial charge in [0.15, 0.2) is 0 Å². The van der Waals surface area contributed by atoms with Gasteiger partial charge in [-0.2, -0.15) is 0 Å². The third kappa shape index (κ3) is 3.18. The third-order valence-corrected chi connectivity index (χ3v) is 5.00. The van der Waals surface area contributed by atoms with E-state index in [1.807, 2.05) is 18.2 Å². The number of aliphatic hydroxyl groups excluding tert-OH is 1. The molecule has 1 heterocycles. The summed E-state index contributed by atoms with van der Waals surface area (Å²) in [4.78, 5) is 2.43. The fourth-order valence-electron chi connectivity index (χ4n) is 3.31. The lowest BCUT2D eigenvalue weighted by Crippen LogP contribution is -2.30. The molecule has 1 unspecified atom stereocenters. The standard InChI is InChI=1S/C17H27NO/c1-4-17(5-2)10-11-18(13-17)12-16(19)15-9-7-6-8-14(15)3/h6-9,16,19H,4-5,10-13H2,1-3H3. The average molecular weight is 261 g/mol. The van der Waals surface area contributed by atoms with Crippen LogP contribution in [0.1, 0.15) is 50.3 Å². The summed E-state index contributed by atoms with van der Waals surface area (Å²) in [5.74, 6) is 0. The van der Waals surface area contributed by atoms with E-state index in [0.29, 0.717) is 5.41 Å². The highest BCUT2D eigenvalue weighted by Crippen LogP contribution is 2.37. The number of hydrogen-bond acceptors (Lipinski definition) is 2. The van der Waals surface area contributed by atoms with E-state index in [9.17, 15) is 5.11 Å². The number of likely N-dealkylation sites (tertiary alicyclic amines) is 1. The highest BCUT2D eigenvalue weighted by Gasteiger charge is 2.35. The average Bonchev–Trinajstić information content (AvgIpc) is 2.83. The van der Waals surface area contributed by atoms with Gasteiger partial charge in [-0.3, -0.25) is 4.90 Å². The van der Waals surface area contributed by atoms with Crippen molar-refractivity contribution in [3.8, 4) is 0 Å². The normalized spacial score (nSPS) is 20.6. The fraction of sp³-hybridized carbons (Fsp3) is 0.647. The van der Waals surface area contributed by atoms with Crippen LogP contribution in [0.25, 0.3) is 0 Å². The number of aliphatic hydroxyl groups is 1. The SMILES string of the molecule is CCC1(CC)CCN(CC(O)c2ccccc2C)C1. The molecule has 0 aliphatic carbocycles. The zero-order valence-electron chi connectivity index (χ0n) is 12.5. The van der Waals surface area contributed by atoms with Crippen LogP contribution in [0.3, 0.4) is 0 Å². The lowest BCUT2D eigenvalue weighted by Gasteiger charge is -2.27. The summed E-state index contributed by atoms with van der Waals surface area (Å²) in [5, 5.41) is 10.4. The molecule has 0 spiro atoms. The Bertz CT molecular complexity index is 411. The summed E-state index contributed by atoms with van der Waals surface area (Å²) in [6.07, 6.45) is 3.42. The molecule has 2 nitrogen and oxygen atoms in total. The maximum atomic E-state index is 10.4. The molecule has 1 atom stereocenters. The highest BCUT2D eigenvalue weighted by atomic mass is 16.3. The number of benzene rings is 1. The van der Waals surface area contributed by atoms with E-state index >= 15 is 0 Å². The van der Waals surface area contributed by atoms with Gasteiger partial charge in [-0.25, -0.2) is 0 Å². The van der Waals surface area contributed by atoms with Gasteiger partial charge in [0.1, 0.15) is 0 Å². The Morgan fingerprint density at radius 3 is 2.53 bits per heavy atom. The molecule has 1 aliphatic heterocycles. The lowest BCUT2D eigenvalue weighted by molar-refractivity contribution is 0.116. The summed E-state index contributed by atoms with van der Waals surface area (Å²) >= 11 is 0. The smallest absolute Gasteiger partial charge is 0.0919 e. The molecule has 1 fully saturated rings. The van der Waals surface area contributed by atoms with E-state index < -0.39 is 0 Å². The van der Waals surface area contributed by atoms with E-state index in [1.54, 1.807) is 0 Å². The topological polar surface area (TPSA) is 23.5 Å². The van der Waals surface area contributed by atoms with Gasteiger partial charge in [-0.05, 0) is 49.3 Å². The Morgan fingerprint density at radius 2 is 1.95 bits per heavy atom. The van der Waals surface area contributed by atoms with E-state index in [4.69, 9.17) is 0 Å². The number of rotatable bonds is 5. The first-order chi connectivity index (χ1) is 9.10. The number of hydrogen-bond donors (Lipinski definition) is 1. The zero-order valence-corrected chi connectivity index (χ0v) is 12.5. The van der Waals surface area contributed by atoms with Gasteiger partial charge in [-0.15, -0.1) is 0 Å². The van der Waals surface area contributed by atoms with E-state index in [-0.39, 0.29) is 6.10 Å². The summed E-state index contributed by atoms with van der Waals surface area (Å²) in [6.45, 7) is 9.71. The summed E-state index contributed by atoms with van der Waals surface area (Å²) in [5.41, 5.74) is 2.75. The van der Waals surface area contributed by atoms with Crippen LogP contribution >= 0.6 is 0 Å². The van der Waals surface area contributed by atoms with Gasteiger partial charge in [0.2, 0.25) is 0 Å². The largest absolute Gasteiger partial charge is 0.387 e. The Labute approximate surface area is 117 Å². The second kappa shape index (κ2) is 6.06. The van der Waals surface area contributed by atoms with Crippen LogP contribution in [0.5, 0.6) is 0 Å². The predicted octanol–water partition coefficient (Wildman–Crippen LogP) is 3.54. The minimum absolute atomic E-state index is 0.356. The molecule has 0 bridgehead atoms. The van der Waals surface area contributed by atoms with Crippen LogP contribution in [-0.2, 0) is 0 Å².